The van der Waals surface area contributed by atoms with Crippen LogP contribution in [-0.2, 0) is 9.84 Å². The number of hydrogen-bond acceptors (Lipinski definition) is 4. The van der Waals surface area contributed by atoms with Gasteiger partial charge in [0.1, 0.15) is 15.5 Å². The second-order valence-electron chi connectivity index (χ2n) is 6.54. The van der Waals surface area contributed by atoms with Gasteiger partial charge >= 0.3 is 0 Å². The number of carbonyl (C=O) groups excluding carboxylic acids is 1. The van der Waals surface area contributed by atoms with Crippen molar-refractivity contribution in [3.05, 3.63) is 35.5 Å². The van der Waals surface area contributed by atoms with E-state index in [9.17, 15) is 17.6 Å². The molecular formula is C16H20FN3O3S. The fourth-order valence-electron chi connectivity index (χ4n) is 3.22. The predicted octanol–water partition coefficient (Wildman–Crippen LogP) is 1.68. The normalized spacial score (nSPS) is 19.0. The molecule has 0 saturated carbocycles. The standard InChI is InChI=1S/C16H20FN3O3S/c1-11-5-7-20-13(8-11)18-14(15(20)17)16(21)19-6-3-4-12(9-19)10-24(2,22)23/h5,7-8,12H,3-4,6,9-10H2,1-2H3/t12-/m1/s1. The Morgan fingerprint density at radius 1 is 1.46 bits per heavy atom. The van der Waals surface area contributed by atoms with E-state index in [0.717, 1.165) is 12.0 Å². The Bertz CT molecular complexity index is 891. The number of rotatable bonds is 3. The first-order valence-corrected chi connectivity index (χ1v) is 9.92. The van der Waals surface area contributed by atoms with Gasteiger partial charge in [0.15, 0.2) is 5.69 Å². The first kappa shape index (κ1) is 16.9. The molecule has 6 nitrogen and oxygen atoms in total. The number of hydrogen-bond donors (Lipinski definition) is 0. The van der Waals surface area contributed by atoms with Crippen LogP contribution in [0.4, 0.5) is 4.39 Å². The molecule has 1 aliphatic rings. The number of aryl methyl sites for hydroxylation is 1. The zero-order valence-electron chi connectivity index (χ0n) is 13.7. The second-order valence-corrected chi connectivity index (χ2v) is 8.72. The number of fused-ring (bicyclic) bond motifs is 1. The SMILES string of the molecule is Cc1ccn2c(F)c(C(=O)N3CCC[C@@H](CS(C)(=O)=O)C3)nc2c1. The fraction of sp³-hybridized carbons (Fsp3) is 0.500. The van der Waals surface area contributed by atoms with Crippen molar-refractivity contribution in [1.82, 2.24) is 14.3 Å². The van der Waals surface area contributed by atoms with Crippen LogP contribution in [0.5, 0.6) is 0 Å². The van der Waals surface area contributed by atoms with Gasteiger partial charge in [-0.3, -0.25) is 9.20 Å². The molecule has 3 rings (SSSR count). The average Bonchev–Trinajstić information content (AvgIpc) is 2.81. The minimum Gasteiger partial charge on any atom is -0.337 e. The van der Waals surface area contributed by atoms with Crippen molar-refractivity contribution in [2.45, 2.75) is 19.8 Å². The van der Waals surface area contributed by atoms with Gasteiger partial charge in [0.05, 0.1) is 5.75 Å². The summed E-state index contributed by atoms with van der Waals surface area (Å²) in [7, 11) is -3.10. The number of nitrogens with zero attached hydrogens (tertiary/aromatic N) is 3. The van der Waals surface area contributed by atoms with E-state index in [-0.39, 0.29) is 17.4 Å². The van der Waals surface area contributed by atoms with Crippen molar-refractivity contribution in [2.24, 2.45) is 5.92 Å². The third-order valence-corrected chi connectivity index (χ3v) is 5.35. The summed E-state index contributed by atoms with van der Waals surface area (Å²) in [5.74, 6) is -1.23. The van der Waals surface area contributed by atoms with Crippen LogP contribution in [0.3, 0.4) is 0 Å². The number of piperidine rings is 1. The van der Waals surface area contributed by atoms with E-state index in [1.807, 2.05) is 6.92 Å². The molecule has 3 heterocycles. The quantitative estimate of drug-likeness (QED) is 0.842. The Morgan fingerprint density at radius 3 is 2.92 bits per heavy atom. The van der Waals surface area contributed by atoms with Gasteiger partial charge < -0.3 is 4.90 Å². The lowest BCUT2D eigenvalue weighted by Crippen LogP contribution is -2.42. The highest BCUT2D eigenvalue weighted by Crippen LogP contribution is 2.21. The summed E-state index contributed by atoms with van der Waals surface area (Å²) in [5.41, 5.74) is 1.11. The molecule has 1 atom stereocenters. The molecule has 1 aliphatic heterocycles. The lowest BCUT2D eigenvalue weighted by molar-refractivity contribution is 0.0673. The lowest BCUT2D eigenvalue weighted by atomic mass is 10.00. The molecule has 1 amide bonds. The van der Waals surface area contributed by atoms with Crippen molar-refractivity contribution in [1.29, 1.82) is 0 Å². The van der Waals surface area contributed by atoms with Crippen LogP contribution in [0.15, 0.2) is 18.3 Å². The van der Waals surface area contributed by atoms with Crippen molar-refractivity contribution in [3.63, 3.8) is 0 Å². The molecule has 0 spiro atoms. The van der Waals surface area contributed by atoms with Crippen LogP contribution < -0.4 is 0 Å². The molecule has 1 fully saturated rings. The van der Waals surface area contributed by atoms with Gasteiger partial charge in [-0.25, -0.2) is 13.4 Å². The van der Waals surface area contributed by atoms with E-state index in [1.54, 1.807) is 18.3 Å². The molecule has 0 unspecified atom stereocenters. The molecule has 0 aromatic carbocycles. The number of likely N-dealkylation sites (tertiary alicyclic amines) is 1. The summed E-state index contributed by atoms with van der Waals surface area (Å²) in [6, 6.07) is 3.46. The number of amides is 1. The van der Waals surface area contributed by atoms with Crippen LogP contribution in [0.1, 0.15) is 28.9 Å². The van der Waals surface area contributed by atoms with Crippen molar-refractivity contribution >= 4 is 21.4 Å². The Labute approximate surface area is 140 Å². The first-order valence-electron chi connectivity index (χ1n) is 7.86. The van der Waals surface area contributed by atoms with Gasteiger partial charge in [-0.15, -0.1) is 0 Å². The molecular weight excluding hydrogens is 333 g/mol. The maximum atomic E-state index is 14.5. The van der Waals surface area contributed by atoms with E-state index >= 15 is 0 Å². The van der Waals surface area contributed by atoms with E-state index in [2.05, 4.69) is 4.98 Å². The fourth-order valence-corrected chi connectivity index (χ4v) is 4.34. The first-order chi connectivity index (χ1) is 11.2. The molecule has 1 saturated heterocycles. The van der Waals surface area contributed by atoms with Crippen molar-refractivity contribution in [2.75, 3.05) is 25.1 Å². The average molecular weight is 353 g/mol. The number of aromatic nitrogens is 2. The summed E-state index contributed by atoms with van der Waals surface area (Å²) in [6.45, 7) is 2.68. The topological polar surface area (TPSA) is 71.8 Å². The van der Waals surface area contributed by atoms with E-state index in [0.29, 0.717) is 25.2 Å². The van der Waals surface area contributed by atoms with Gasteiger partial charge in [-0.05, 0) is 43.4 Å². The molecule has 0 bridgehead atoms. The zero-order chi connectivity index (χ0) is 17.5. The van der Waals surface area contributed by atoms with Crippen molar-refractivity contribution < 1.29 is 17.6 Å². The molecule has 2 aromatic heterocycles. The number of imidazole rings is 1. The Morgan fingerprint density at radius 2 is 2.21 bits per heavy atom. The third-order valence-electron chi connectivity index (χ3n) is 4.27. The third kappa shape index (κ3) is 3.43. The summed E-state index contributed by atoms with van der Waals surface area (Å²) in [5, 5.41) is 0. The van der Waals surface area contributed by atoms with E-state index in [1.165, 1.54) is 15.6 Å². The van der Waals surface area contributed by atoms with Crippen LogP contribution in [0, 0.1) is 18.8 Å². The van der Waals surface area contributed by atoms with E-state index in [4.69, 9.17) is 0 Å². The van der Waals surface area contributed by atoms with Gasteiger partial charge in [-0.2, -0.15) is 4.39 Å². The summed E-state index contributed by atoms with van der Waals surface area (Å²) >= 11 is 0. The van der Waals surface area contributed by atoms with Gasteiger partial charge in [-0.1, -0.05) is 0 Å². The van der Waals surface area contributed by atoms with Crippen molar-refractivity contribution in [3.8, 4) is 0 Å². The number of carbonyl (C=O) groups is 1. The monoisotopic (exact) mass is 353 g/mol. The smallest absolute Gasteiger partial charge is 0.277 e. The highest BCUT2D eigenvalue weighted by atomic mass is 32.2. The largest absolute Gasteiger partial charge is 0.337 e. The van der Waals surface area contributed by atoms with Gasteiger partial charge in [0.2, 0.25) is 5.95 Å². The summed E-state index contributed by atoms with van der Waals surface area (Å²) in [4.78, 5) is 18.3. The van der Waals surface area contributed by atoms with Crippen LogP contribution >= 0.6 is 0 Å². The highest BCUT2D eigenvalue weighted by molar-refractivity contribution is 7.90. The highest BCUT2D eigenvalue weighted by Gasteiger charge is 2.30. The molecule has 2 aromatic rings. The summed E-state index contributed by atoms with van der Waals surface area (Å²) in [6.07, 6.45) is 4.20. The second kappa shape index (κ2) is 6.16. The minimum atomic E-state index is -3.10. The molecule has 24 heavy (non-hydrogen) atoms. The molecule has 8 heteroatoms. The Kier molecular flexibility index (Phi) is 4.33. The van der Waals surface area contributed by atoms with E-state index < -0.39 is 21.7 Å². The van der Waals surface area contributed by atoms with Crippen LogP contribution in [-0.4, -0.2) is 53.7 Å². The number of sulfone groups is 1. The molecule has 0 N–H and O–H groups in total. The van der Waals surface area contributed by atoms with Crippen LogP contribution in [0.2, 0.25) is 0 Å². The number of pyridine rings is 1. The van der Waals surface area contributed by atoms with Gasteiger partial charge in [0, 0.05) is 25.5 Å². The number of halogens is 1. The van der Waals surface area contributed by atoms with Gasteiger partial charge in [0.25, 0.3) is 5.91 Å². The Balaban J connectivity index is 1.85. The minimum absolute atomic E-state index is 0.0453. The summed E-state index contributed by atoms with van der Waals surface area (Å²) < 4.78 is 38.7. The predicted molar refractivity (Wildman–Crippen MR) is 88.2 cm³/mol. The lowest BCUT2D eigenvalue weighted by Gasteiger charge is -2.31. The van der Waals surface area contributed by atoms with Crippen LogP contribution in [0.25, 0.3) is 5.65 Å². The maximum Gasteiger partial charge on any atom is 0.277 e. The zero-order valence-corrected chi connectivity index (χ0v) is 14.5. The maximum absolute atomic E-state index is 14.5. The molecule has 130 valence electrons. The molecule has 0 radical (unpaired) electrons. The Hall–Kier alpha value is -1.96. The molecule has 0 aliphatic carbocycles.